The van der Waals surface area contributed by atoms with Crippen LogP contribution in [0.1, 0.15) is 30.7 Å². The molecule has 0 spiro atoms. The van der Waals surface area contributed by atoms with E-state index >= 15 is 0 Å². The van der Waals surface area contributed by atoms with E-state index in [1.54, 1.807) is 12.1 Å². The summed E-state index contributed by atoms with van der Waals surface area (Å²) in [5.74, 6) is -0.208. The van der Waals surface area contributed by atoms with Crippen molar-refractivity contribution in [2.24, 2.45) is 0 Å². The maximum absolute atomic E-state index is 13.8. The van der Waals surface area contributed by atoms with E-state index in [0.717, 1.165) is 30.4 Å². The van der Waals surface area contributed by atoms with Crippen molar-refractivity contribution in [3.63, 3.8) is 0 Å². The van der Waals surface area contributed by atoms with Gasteiger partial charge in [0.2, 0.25) is 0 Å². The van der Waals surface area contributed by atoms with Crippen LogP contribution in [0.25, 0.3) is 10.8 Å². The topological polar surface area (TPSA) is 9.23 Å². The van der Waals surface area contributed by atoms with Crippen molar-refractivity contribution in [1.82, 2.24) is 0 Å². The molecule has 1 saturated heterocycles. The van der Waals surface area contributed by atoms with Crippen molar-refractivity contribution in [3.8, 4) is 0 Å². The first-order valence-corrected chi connectivity index (χ1v) is 7.01. The van der Waals surface area contributed by atoms with E-state index in [1.165, 1.54) is 6.07 Å². The standard InChI is InChI=1S/C16H16ClFO/c1-16(9-4-10-19-16)15(17)13-7-8-14(18)12-6-3-2-5-11(12)13/h2-3,5-8,15H,4,9-10H2,1H3. The fourth-order valence-electron chi connectivity index (χ4n) is 2.84. The largest absolute Gasteiger partial charge is 0.373 e. The minimum Gasteiger partial charge on any atom is -0.373 e. The average Bonchev–Trinajstić information content (AvgIpc) is 2.87. The van der Waals surface area contributed by atoms with E-state index in [2.05, 4.69) is 0 Å². The molecule has 0 amide bonds. The number of hydrogen-bond acceptors (Lipinski definition) is 1. The first-order valence-electron chi connectivity index (χ1n) is 6.57. The van der Waals surface area contributed by atoms with Crippen LogP contribution in [0.3, 0.4) is 0 Å². The lowest BCUT2D eigenvalue weighted by molar-refractivity contribution is 0.0167. The van der Waals surface area contributed by atoms with Crippen molar-refractivity contribution in [1.29, 1.82) is 0 Å². The third-order valence-electron chi connectivity index (χ3n) is 3.96. The zero-order chi connectivity index (χ0) is 13.5. The van der Waals surface area contributed by atoms with E-state index < -0.39 is 0 Å². The molecular formula is C16H16ClFO. The minimum atomic E-state index is -0.359. The molecule has 100 valence electrons. The summed E-state index contributed by atoms with van der Waals surface area (Å²) in [6.07, 6.45) is 1.96. The molecule has 0 N–H and O–H groups in total. The molecule has 2 aromatic carbocycles. The molecule has 19 heavy (non-hydrogen) atoms. The summed E-state index contributed by atoms with van der Waals surface area (Å²) in [4.78, 5) is 0. The lowest BCUT2D eigenvalue weighted by Gasteiger charge is -2.29. The third-order valence-corrected chi connectivity index (χ3v) is 4.66. The first-order chi connectivity index (χ1) is 9.12. The molecule has 0 saturated carbocycles. The van der Waals surface area contributed by atoms with Crippen molar-refractivity contribution < 1.29 is 9.13 Å². The molecule has 1 aliphatic rings. The maximum atomic E-state index is 13.8. The zero-order valence-corrected chi connectivity index (χ0v) is 11.6. The molecule has 0 aliphatic carbocycles. The van der Waals surface area contributed by atoms with Gasteiger partial charge in [0.15, 0.2) is 0 Å². The molecule has 0 aromatic heterocycles. The number of halogens is 2. The molecule has 1 aliphatic heterocycles. The summed E-state index contributed by atoms with van der Waals surface area (Å²) in [6.45, 7) is 2.79. The summed E-state index contributed by atoms with van der Waals surface area (Å²) >= 11 is 6.64. The predicted molar refractivity (Wildman–Crippen MR) is 76.1 cm³/mol. The molecule has 0 bridgehead atoms. The van der Waals surface area contributed by atoms with Crippen LogP contribution in [-0.2, 0) is 4.74 Å². The normalized spacial score (nSPS) is 24.8. The van der Waals surface area contributed by atoms with Crippen LogP contribution in [0.15, 0.2) is 36.4 Å². The van der Waals surface area contributed by atoms with Gasteiger partial charge >= 0.3 is 0 Å². The Morgan fingerprint density at radius 3 is 2.63 bits per heavy atom. The highest BCUT2D eigenvalue weighted by molar-refractivity contribution is 6.22. The van der Waals surface area contributed by atoms with Gasteiger partial charge in [-0.1, -0.05) is 30.3 Å². The maximum Gasteiger partial charge on any atom is 0.131 e. The summed E-state index contributed by atoms with van der Waals surface area (Å²) in [5.41, 5.74) is 0.588. The molecule has 1 heterocycles. The van der Waals surface area contributed by atoms with E-state index in [9.17, 15) is 4.39 Å². The molecule has 3 heteroatoms. The Balaban J connectivity index is 2.12. The second-order valence-corrected chi connectivity index (χ2v) is 5.75. The van der Waals surface area contributed by atoms with Crippen LogP contribution < -0.4 is 0 Å². The highest BCUT2D eigenvalue weighted by Crippen LogP contribution is 2.44. The Labute approximate surface area is 117 Å². The Morgan fingerprint density at radius 1 is 1.21 bits per heavy atom. The highest BCUT2D eigenvalue weighted by Gasteiger charge is 2.38. The van der Waals surface area contributed by atoms with Gasteiger partial charge in [0.1, 0.15) is 5.82 Å². The Bertz CT molecular complexity index is 605. The highest BCUT2D eigenvalue weighted by atomic mass is 35.5. The average molecular weight is 279 g/mol. The lowest BCUT2D eigenvalue weighted by Crippen LogP contribution is -2.28. The monoisotopic (exact) mass is 278 g/mol. The van der Waals surface area contributed by atoms with Gasteiger partial charge in [-0.2, -0.15) is 0 Å². The van der Waals surface area contributed by atoms with Crippen LogP contribution in [0.4, 0.5) is 4.39 Å². The molecule has 1 nitrogen and oxygen atoms in total. The minimum absolute atomic E-state index is 0.208. The van der Waals surface area contributed by atoms with Crippen molar-refractivity contribution in [2.45, 2.75) is 30.7 Å². The van der Waals surface area contributed by atoms with Crippen molar-refractivity contribution >= 4 is 22.4 Å². The molecule has 1 fully saturated rings. The van der Waals surface area contributed by atoms with Gasteiger partial charge in [-0.05, 0) is 36.8 Å². The Hall–Kier alpha value is -1.12. The second kappa shape index (κ2) is 4.77. The van der Waals surface area contributed by atoms with Crippen LogP contribution in [0.5, 0.6) is 0 Å². The summed E-state index contributed by atoms with van der Waals surface area (Å²) in [5, 5.41) is 1.23. The van der Waals surface area contributed by atoms with Crippen molar-refractivity contribution in [3.05, 3.63) is 47.8 Å². The number of fused-ring (bicyclic) bond motifs is 1. The van der Waals surface area contributed by atoms with Crippen LogP contribution in [0, 0.1) is 5.82 Å². The summed E-state index contributed by atoms with van der Waals surface area (Å²) in [6, 6.07) is 10.7. The van der Waals surface area contributed by atoms with Crippen LogP contribution in [0.2, 0.25) is 0 Å². The number of rotatable bonds is 2. The SMILES string of the molecule is CC1(C(Cl)c2ccc(F)c3ccccc23)CCCO1. The van der Waals surface area contributed by atoms with E-state index in [1.807, 2.05) is 25.1 Å². The molecule has 0 radical (unpaired) electrons. The number of alkyl halides is 1. The van der Waals surface area contributed by atoms with Gasteiger partial charge in [-0.25, -0.2) is 4.39 Å². The second-order valence-electron chi connectivity index (χ2n) is 5.31. The van der Waals surface area contributed by atoms with Crippen LogP contribution >= 0.6 is 11.6 Å². The van der Waals surface area contributed by atoms with E-state index in [-0.39, 0.29) is 16.8 Å². The van der Waals surface area contributed by atoms with Gasteiger partial charge in [0.05, 0.1) is 11.0 Å². The number of hydrogen-bond donors (Lipinski definition) is 0. The molecular weight excluding hydrogens is 263 g/mol. The number of ether oxygens (including phenoxy) is 1. The quantitative estimate of drug-likeness (QED) is 0.715. The third kappa shape index (κ3) is 2.13. The molecule has 2 atom stereocenters. The Kier molecular flexibility index (Phi) is 3.23. The predicted octanol–water partition coefficient (Wildman–Crippen LogP) is 4.83. The van der Waals surface area contributed by atoms with Crippen LogP contribution in [-0.4, -0.2) is 12.2 Å². The molecule has 2 unspecified atom stereocenters. The lowest BCUT2D eigenvalue weighted by atomic mass is 9.90. The fourth-order valence-corrected chi connectivity index (χ4v) is 3.20. The smallest absolute Gasteiger partial charge is 0.131 e. The molecule has 3 rings (SSSR count). The fraction of sp³-hybridized carbons (Fsp3) is 0.375. The summed E-state index contributed by atoms with van der Waals surface area (Å²) in [7, 11) is 0. The summed E-state index contributed by atoms with van der Waals surface area (Å²) < 4.78 is 19.6. The van der Waals surface area contributed by atoms with Gasteiger partial charge in [-0.15, -0.1) is 11.6 Å². The zero-order valence-electron chi connectivity index (χ0n) is 10.8. The Morgan fingerprint density at radius 2 is 1.95 bits per heavy atom. The first kappa shape index (κ1) is 12.9. The molecule has 2 aromatic rings. The van der Waals surface area contributed by atoms with Gasteiger partial charge < -0.3 is 4.74 Å². The van der Waals surface area contributed by atoms with Gasteiger partial charge in [0.25, 0.3) is 0 Å². The number of benzene rings is 2. The van der Waals surface area contributed by atoms with Gasteiger partial charge in [0, 0.05) is 12.0 Å². The van der Waals surface area contributed by atoms with Gasteiger partial charge in [-0.3, -0.25) is 0 Å². The van der Waals surface area contributed by atoms with E-state index in [0.29, 0.717) is 5.39 Å². The van der Waals surface area contributed by atoms with E-state index in [4.69, 9.17) is 16.3 Å². The van der Waals surface area contributed by atoms with Crippen molar-refractivity contribution in [2.75, 3.05) is 6.61 Å².